The van der Waals surface area contributed by atoms with E-state index in [0.717, 1.165) is 161 Å². The fourth-order valence-corrected chi connectivity index (χ4v) is 11.9. The fraction of sp³-hybridized carbons (Fsp3) is 0.716. The molecule has 0 aliphatic carbocycles. The van der Waals surface area contributed by atoms with E-state index in [1.54, 1.807) is 0 Å². The van der Waals surface area contributed by atoms with Gasteiger partial charge in [0.1, 0.15) is 25.4 Å². The van der Waals surface area contributed by atoms with Gasteiger partial charge in [0.25, 0.3) is 0 Å². The van der Waals surface area contributed by atoms with Crippen molar-refractivity contribution in [2.75, 3.05) is 39.6 Å². The number of allylic oxidation sites excluding steroid dienone is 20. The van der Waals surface area contributed by atoms with Crippen LogP contribution in [0.1, 0.15) is 316 Å². The molecule has 0 aromatic rings. The zero-order chi connectivity index (χ0) is 72.3. The van der Waals surface area contributed by atoms with E-state index >= 15 is 0 Å². The lowest BCUT2D eigenvalue weighted by Crippen LogP contribution is -2.30. The standard InChI is InChI=1S/C81H140O16P2/c1-4-7-10-13-16-19-22-25-27-29-31-33-35-36-37-38-40-42-43-45-47-50-52-55-58-61-64-67-79(84)91-70-76(82)71-93-98(87,88)94-72-77(83)73-95-99(89,90)96-75-78(97-81(86)69-66-63-60-57-54-49-24-21-18-15-12-9-6-3)74-92-80(85)68-65-62-59-56-53-51-48-46-44-41-39-34-32-30-28-26-23-20-17-14-11-8-5-2/h7-8,10-11,16-17,19-20,25-28,31-34,36-37,41,44,76-78,82-83H,4-6,9,12-15,18,21-24,29-30,35,38-40,42-43,45-75H2,1-3H3,(H,87,88)(H,89,90)/b10-7-,11-8-,19-16-,20-17-,27-25-,28-26-,33-31-,34-32-,37-36-,44-41-. The van der Waals surface area contributed by atoms with Gasteiger partial charge in [0.05, 0.1) is 26.4 Å². The first-order chi connectivity index (χ1) is 48.2. The molecule has 18 heteroatoms. The molecule has 0 aromatic heterocycles. The number of aliphatic hydroxyl groups is 2. The molecule has 0 aliphatic rings. The maximum absolute atomic E-state index is 12.9. The molecule has 0 aliphatic heterocycles. The second-order valence-electron chi connectivity index (χ2n) is 25.8. The van der Waals surface area contributed by atoms with Crippen molar-refractivity contribution in [3.05, 3.63) is 122 Å². The van der Waals surface area contributed by atoms with E-state index in [1.807, 2.05) is 0 Å². The van der Waals surface area contributed by atoms with E-state index in [4.69, 9.17) is 32.3 Å². The number of ether oxygens (including phenoxy) is 3. The van der Waals surface area contributed by atoms with Gasteiger partial charge in [-0.2, -0.15) is 0 Å². The summed E-state index contributed by atoms with van der Waals surface area (Å²) in [7, 11) is -9.79. The van der Waals surface area contributed by atoms with Crippen molar-refractivity contribution in [2.45, 2.75) is 334 Å². The summed E-state index contributed by atoms with van der Waals surface area (Å²) >= 11 is 0. The van der Waals surface area contributed by atoms with Crippen LogP contribution in [0.5, 0.6) is 0 Å². The molecule has 0 spiro atoms. The zero-order valence-corrected chi connectivity index (χ0v) is 63.9. The van der Waals surface area contributed by atoms with Gasteiger partial charge in [-0.25, -0.2) is 9.13 Å². The average Bonchev–Trinajstić information content (AvgIpc) is 1.04. The first-order valence-corrected chi connectivity index (χ1v) is 41.8. The Kier molecular flexibility index (Phi) is 70.7. The molecule has 5 unspecified atom stereocenters. The van der Waals surface area contributed by atoms with Crippen LogP contribution in [0.15, 0.2) is 122 Å². The summed E-state index contributed by atoms with van der Waals surface area (Å²) in [6.45, 7) is 2.46. The Hall–Kier alpha value is -4.05. The maximum atomic E-state index is 12.9. The number of phosphoric acid groups is 2. The highest BCUT2D eigenvalue weighted by molar-refractivity contribution is 7.47. The van der Waals surface area contributed by atoms with E-state index in [2.05, 4.69) is 142 Å². The van der Waals surface area contributed by atoms with Gasteiger partial charge < -0.3 is 34.2 Å². The third-order valence-corrected chi connectivity index (χ3v) is 18.1. The van der Waals surface area contributed by atoms with Gasteiger partial charge in [0.2, 0.25) is 0 Å². The molecule has 570 valence electrons. The van der Waals surface area contributed by atoms with Gasteiger partial charge in [0, 0.05) is 19.3 Å². The van der Waals surface area contributed by atoms with Crippen LogP contribution >= 0.6 is 15.6 Å². The van der Waals surface area contributed by atoms with Crippen LogP contribution in [-0.2, 0) is 55.8 Å². The minimum atomic E-state index is -4.93. The number of rotatable bonds is 73. The predicted octanol–water partition coefficient (Wildman–Crippen LogP) is 22.5. The first-order valence-electron chi connectivity index (χ1n) is 38.8. The monoisotopic (exact) mass is 1430 g/mol. The van der Waals surface area contributed by atoms with Crippen molar-refractivity contribution in [1.82, 2.24) is 0 Å². The molecule has 0 aromatic carbocycles. The Morgan fingerprint density at radius 2 is 0.535 bits per heavy atom. The number of aliphatic hydroxyl groups excluding tert-OH is 2. The van der Waals surface area contributed by atoms with Gasteiger partial charge in [-0.3, -0.25) is 32.5 Å². The first kappa shape index (κ1) is 94.9. The topological polar surface area (TPSA) is 231 Å². The van der Waals surface area contributed by atoms with Gasteiger partial charge >= 0.3 is 33.6 Å². The molecule has 4 N–H and O–H groups in total. The van der Waals surface area contributed by atoms with Crippen LogP contribution in [0.4, 0.5) is 0 Å². The van der Waals surface area contributed by atoms with Crippen LogP contribution in [0.25, 0.3) is 0 Å². The highest BCUT2D eigenvalue weighted by Crippen LogP contribution is 2.45. The van der Waals surface area contributed by atoms with E-state index in [9.17, 15) is 43.5 Å². The lowest BCUT2D eigenvalue weighted by molar-refractivity contribution is -0.161. The minimum absolute atomic E-state index is 0.104. The Balaban J connectivity index is 4.53. The summed E-state index contributed by atoms with van der Waals surface area (Å²) in [5.41, 5.74) is 0. The Morgan fingerprint density at radius 3 is 0.848 bits per heavy atom. The lowest BCUT2D eigenvalue weighted by atomic mass is 10.0. The number of hydrogen-bond acceptors (Lipinski definition) is 14. The summed E-state index contributed by atoms with van der Waals surface area (Å²) in [4.78, 5) is 58.6. The van der Waals surface area contributed by atoms with Crippen molar-refractivity contribution in [3.63, 3.8) is 0 Å². The Labute approximate surface area is 602 Å². The molecule has 16 nitrogen and oxygen atoms in total. The van der Waals surface area contributed by atoms with Crippen LogP contribution < -0.4 is 0 Å². The number of unbranched alkanes of at least 4 members (excludes halogenated alkanes) is 30. The van der Waals surface area contributed by atoms with E-state index in [-0.39, 0.29) is 19.3 Å². The normalized spacial score (nSPS) is 14.7. The highest BCUT2D eigenvalue weighted by Gasteiger charge is 2.29. The SMILES string of the molecule is CC/C=C\C/C=C\C/C=C\C/C=C\C/C=C\CCCCCCCCCCCCCC(=O)OCC(O)COP(=O)(O)OCC(O)COP(=O)(O)OCC(COC(=O)CCCCCCCCC/C=C\C/C=C\C/C=C\C/C=C\C/C=C\CC)OC(=O)CCCCCCCCCCCCCCC. The lowest BCUT2D eigenvalue weighted by Gasteiger charge is -2.21. The molecule has 0 radical (unpaired) electrons. The number of carbonyl (C=O) groups is 3. The molecule has 0 rings (SSSR count). The number of phosphoric ester groups is 2. The van der Waals surface area contributed by atoms with Crippen molar-refractivity contribution in [1.29, 1.82) is 0 Å². The van der Waals surface area contributed by atoms with Crippen LogP contribution in [0.3, 0.4) is 0 Å². The predicted molar refractivity (Wildman–Crippen MR) is 408 cm³/mol. The smallest absolute Gasteiger partial charge is 0.463 e. The van der Waals surface area contributed by atoms with E-state index < -0.39 is 91.5 Å². The third kappa shape index (κ3) is 74.9. The maximum Gasteiger partial charge on any atom is 0.472 e. The third-order valence-electron chi connectivity index (χ3n) is 16.2. The highest BCUT2D eigenvalue weighted by atomic mass is 31.2. The quantitative estimate of drug-likeness (QED) is 0.0146. The molecule has 5 atom stereocenters. The molecule has 0 fully saturated rings. The number of hydrogen-bond donors (Lipinski definition) is 4. The number of carbonyl (C=O) groups excluding carboxylic acids is 3. The van der Waals surface area contributed by atoms with Crippen molar-refractivity contribution >= 4 is 33.6 Å². The van der Waals surface area contributed by atoms with Crippen molar-refractivity contribution in [3.8, 4) is 0 Å². The minimum Gasteiger partial charge on any atom is -0.463 e. The summed E-state index contributed by atoms with van der Waals surface area (Å²) < 4.78 is 61.1. The van der Waals surface area contributed by atoms with Gasteiger partial charge in [0.15, 0.2) is 6.10 Å². The van der Waals surface area contributed by atoms with Crippen LogP contribution in [-0.4, -0.2) is 95.9 Å². The second kappa shape index (κ2) is 73.7. The van der Waals surface area contributed by atoms with Gasteiger partial charge in [-0.15, -0.1) is 0 Å². The molecule has 0 saturated carbocycles. The van der Waals surface area contributed by atoms with Crippen LogP contribution in [0, 0.1) is 0 Å². The zero-order valence-electron chi connectivity index (χ0n) is 62.1. The number of esters is 3. The summed E-state index contributed by atoms with van der Waals surface area (Å²) in [5.74, 6) is -1.58. The van der Waals surface area contributed by atoms with Crippen molar-refractivity contribution < 1.29 is 75.8 Å². The molecular weight excluding hydrogens is 1290 g/mol. The van der Waals surface area contributed by atoms with E-state index in [0.29, 0.717) is 19.3 Å². The van der Waals surface area contributed by atoms with E-state index in [1.165, 1.54) is 96.3 Å². The van der Waals surface area contributed by atoms with Gasteiger partial charge in [-0.1, -0.05) is 309 Å². The molecule has 0 heterocycles. The second-order valence-corrected chi connectivity index (χ2v) is 28.7. The Bertz CT molecular complexity index is 2290. The van der Waals surface area contributed by atoms with Gasteiger partial charge in [-0.05, 0) is 109 Å². The van der Waals surface area contributed by atoms with Crippen molar-refractivity contribution in [2.24, 2.45) is 0 Å². The Morgan fingerprint density at radius 1 is 0.293 bits per heavy atom. The fourth-order valence-electron chi connectivity index (χ4n) is 10.3. The summed E-state index contributed by atoms with van der Waals surface area (Å²) in [6.07, 6.45) is 86.7. The summed E-state index contributed by atoms with van der Waals surface area (Å²) in [5, 5.41) is 20.6. The van der Waals surface area contributed by atoms with Crippen LogP contribution in [0.2, 0.25) is 0 Å². The largest absolute Gasteiger partial charge is 0.472 e. The summed E-state index contributed by atoms with van der Waals surface area (Å²) in [6, 6.07) is 0. The molecule has 99 heavy (non-hydrogen) atoms. The molecule has 0 bridgehead atoms. The molecular formula is C81H140O16P2. The molecule has 0 amide bonds. The average molecular weight is 1430 g/mol. The molecule has 0 saturated heterocycles.